The molecule has 2 heterocycles. The molecular weight excluding hydrogens is 420 g/mol. The number of esters is 1. The summed E-state index contributed by atoms with van der Waals surface area (Å²) in [5.41, 5.74) is 4.67. The third-order valence-electron chi connectivity index (χ3n) is 5.79. The molecule has 1 aromatic rings. The van der Waals surface area contributed by atoms with Crippen molar-refractivity contribution in [1.29, 1.82) is 0 Å². The van der Waals surface area contributed by atoms with E-state index in [1.807, 2.05) is 4.90 Å². The highest BCUT2D eigenvalue weighted by atomic mass is 32.1. The molecule has 1 saturated heterocycles. The van der Waals surface area contributed by atoms with E-state index in [0.717, 1.165) is 56.6 Å². The van der Waals surface area contributed by atoms with E-state index in [1.165, 1.54) is 17.8 Å². The van der Waals surface area contributed by atoms with Crippen molar-refractivity contribution in [2.45, 2.75) is 64.2 Å². The van der Waals surface area contributed by atoms with E-state index in [9.17, 15) is 19.2 Å². The van der Waals surface area contributed by atoms with Crippen molar-refractivity contribution in [3.8, 4) is 0 Å². The number of carbonyl (C=O) groups excluding carboxylic acids is 4. The summed E-state index contributed by atoms with van der Waals surface area (Å²) in [7, 11) is 0. The van der Waals surface area contributed by atoms with Crippen LogP contribution in [0.3, 0.4) is 0 Å². The van der Waals surface area contributed by atoms with Gasteiger partial charge in [0, 0.05) is 30.3 Å². The number of aromatic nitrogens is 1. The van der Waals surface area contributed by atoms with Crippen LogP contribution >= 0.6 is 11.3 Å². The smallest absolute Gasteiger partial charge is 0.315 e. The molecule has 10 heteroatoms. The van der Waals surface area contributed by atoms with Gasteiger partial charge in [-0.2, -0.15) is 0 Å². The van der Waals surface area contributed by atoms with Gasteiger partial charge >= 0.3 is 5.97 Å². The Kier molecular flexibility index (Phi) is 8.39. The van der Waals surface area contributed by atoms with E-state index in [4.69, 9.17) is 0 Å². The predicted molar refractivity (Wildman–Crippen MR) is 114 cm³/mol. The van der Waals surface area contributed by atoms with Crippen molar-refractivity contribution in [3.05, 3.63) is 16.1 Å². The third kappa shape index (κ3) is 6.49. The number of carbonyl (C=O) groups is 4. The maximum Gasteiger partial charge on any atom is 0.315 e. The third-order valence-corrected chi connectivity index (χ3v) is 6.80. The van der Waals surface area contributed by atoms with Crippen LogP contribution in [0.1, 0.15) is 79.7 Å². The average Bonchev–Trinajstić information content (AvgIpc) is 3.28. The molecule has 1 aliphatic heterocycles. The Morgan fingerprint density at radius 3 is 2.48 bits per heavy atom. The first-order chi connectivity index (χ1) is 15.0. The van der Waals surface area contributed by atoms with Gasteiger partial charge in [-0.15, -0.1) is 11.3 Å². The van der Waals surface area contributed by atoms with Crippen LogP contribution in [0.5, 0.6) is 0 Å². The van der Waals surface area contributed by atoms with Gasteiger partial charge in [0.05, 0.1) is 11.6 Å². The van der Waals surface area contributed by atoms with Crippen molar-refractivity contribution in [2.24, 2.45) is 5.92 Å². The molecule has 1 aliphatic carbocycles. The second-order valence-electron chi connectivity index (χ2n) is 7.99. The van der Waals surface area contributed by atoms with Gasteiger partial charge in [-0.25, -0.2) is 4.98 Å². The lowest BCUT2D eigenvalue weighted by Gasteiger charge is -2.34. The number of hydrazine groups is 1. The fourth-order valence-corrected chi connectivity index (χ4v) is 5.08. The van der Waals surface area contributed by atoms with E-state index in [1.54, 1.807) is 12.3 Å². The summed E-state index contributed by atoms with van der Waals surface area (Å²) < 4.78 is 4.68. The van der Waals surface area contributed by atoms with E-state index in [2.05, 4.69) is 20.6 Å². The number of hydrogen-bond acceptors (Lipinski definition) is 7. The van der Waals surface area contributed by atoms with Crippen LogP contribution in [0.25, 0.3) is 0 Å². The fourth-order valence-electron chi connectivity index (χ4n) is 4.11. The standard InChI is InChI=1S/C21H30N4O5S/c1-2-30-18(27)12-17(26)23-24-19(28)16-13-31-20(22-16)14-8-10-25(11-9-14)21(29)15-6-4-3-5-7-15/h13-15H,2-12H2,1H3,(H,23,26)(H,24,28). The molecule has 2 N–H and O–H groups in total. The van der Waals surface area contributed by atoms with Crippen molar-refractivity contribution in [2.75, 3.05) is 19.7 Å². The first-order valence-electron chi connectivity index (χ1n) is 11.0. The highest BCUT2D eigenvalue weighted by molar-refractivity contribution is 7.09. The fraction of sp³-hybridized carbons (Fsp3) is 0.667. The average molecular weight is 451 g/mol. The van der Waals surface area contributed by atoms with Crippen molar-refractivity contribution in [1.82, 2.24) is 20.7 Å². The molecule has 31 heavy (non-hydrogen) atoms. The normalized spacial score (nSPS) is 17.8. The molecule has 1 aromatic heterocycles. The zero-order valence-electron chi connectivity index (χ0n) is 17.9. The Morgan fingerprint density at radius 1 is 1.10 bits per heavy atom. The highest BCUT2D eigenvalue weighted by Crippen LogP contribution is 2.32. The van der Waals surface area contributed by atoms with Crippen molar-refractivity contribution >= 4 is 35.0 Å². The lowest BCUT2D eigenvalue weighted by molar-refractivity contribution is -0.146. The van der Waals surface area contributed by atoms with E-state index in [-0.39, 0.29) is 24.1 Å². The molecule has 0 unspecified atom stereocenters. The number of nitrogens with one attached hydrogen (secondary N) is 2. The highest BCUT2D eigenvalue weighted by Gasteiger charge is 2.30. The van der Waals surface area contributed by atoms with Gasteiger partial charge in [-0.05, 0) is 32.6 Å². The molecule has 2 fully saturated rings. The second kappa shape index (κ2) is 11.2. The lowest BCUT2D eigenvalue weighted by atomic mass is 9.87. The van der Waals surface area contributed by atoms with Crippen LogP contribution in [0.15, 0.2) is 5.38 Å². The van der Waals surface area contributed by atoms with Crippen LogP contribution in [0.4, 0.5) is 0 Å². The molecular formula is C21H30N4O5S. The van der Waals surface area contributed by atoms with Gasteiger partial charge in [-0.1, -0.05) is 19.3 Å². The van der Waals surface area contributed by atoms with Gasteiger partial charge in [-0.3, -0.25) is 30.0 Å². The van der Waals surface area contributed by atoms with Crippen LogP contribution in [-0.4, -0.2) is 53.3 Å². The number of hydrogen-bond donors (Lipinski definition) is 2. The summed E-state index contributed by atoms with van der Waals surface area (Å²) >= 11 is 1.41. The molecule has 3 amide bonds. The van der Waals surface area contributed by atoms with Crippen molar-refractivity contribution in [3.63, 3.8) is 0 Å². The molecule has 9 nitrogen and oxygen atoms in total. The summed E-state index contributed by atoms with van der Waals surface area (Å²) in [6, 6.07) is 0. The summed E-state index contributed by atoms with van der Waals surface area (Å²) in [4.78, 5) is 54.3. The minimum Gasteiger partial charge on any atom is -0.466 e. The minimum absolute atomic E-state index is 0.188. The van der Waals surface area contributed by atoms with Gasteiger partial charge < -0.3 is 9.64 Å². The molecule has 1 saturated carbocycles. The predicted octanol–water partition coefficient (Wildman–Crippen LogP) is 2.14. The van der Waals surface area contributed by atoms with Crippen LogP contribution in [-0.2, 0) is 19.1 Å². The molecule has 170 valence electrons. The van der Waals surface area contributed by atoms with E-state index in [0.29, 0.717) is 5.91 Å². The molecule has 0 aromatic carbocycles. The van der Waals surface area contributed by atoms with Gasteiger partial charge in [0.2, 0.25) is 11.8 Å². The number of rotatable bonds is 6. The summed E-state index contributed by atoms with van der Waals surface area (Å²) in [5, 5.41) is 2.52. The Morgan fingerprint density at radius 2 is 1.81 bits per heavy atom. The number of likely N-dealkylation sites (tertiary alicyclic amines) is 1. The Hall–Kier alpha value is -2.49. The van der Waals surface area contributed by atoms with Crippen LogP contribution in [0.2, 0.25) is 0 Å². The maximum atomic E-state index is 12.7. The van der Waals surface area contributed by atoms with Gasteiger partial charge in [0.1, 0.15) is 12.1 Å². The Labute approximate surface area is 185 Å². The maximum absolute atomic E-state index is 12.7. The zero-order chi connectivity index (χ0) is 22.2. The molecule has 0 atom stereocenters. The van der Waals surface area contributed by atoms with Crippen LogP contribution in [0, 0.1) is 5.92 Å². The minimum atomic E-state index is -0.655. The number of amides is 3. The van der Waals surface area contributed by atoms with Gasteiger partial charge in [0.15, 0.2) is 0 Å². The van der Waals surface area contributed by atoms with Gasteiger partial charge in [0.25, 0.3) is 5.91 Å². The Bertz CT molecular complexity index is 797. The van der Waals surface area contributed by atoms with Crippen LogP contribution < -0.4 is 10.9 Å². The number of nitrogens with zero attached hydrogens (tertiary/aromatic N) is 2. The summed E-state index contributed by atoms with van der Waals surface area (Å²) in [6.45, 7) is 3.29. The number of piperidine rings is 1. The molecule has 2 aliphatic rings. The quantitative estimate of drug-likeness (QED) is 0.390. The Balaban J connectivity index is 1.44. The largest absolute Gasteiger partial charge is 0.466 e. The summed E-state index contributed by atoms with van der Waals surface area (Å²) in [5.74, 6) is -1.13. The zero-order valence-corrected chi connectivity index (χ0v) is 18.7. The molecule has 0 radical (unpaired) electrons. The molecule has 0 bridgehead atoms. The number of ether oxygens (including phenoxy) is 1. The SMILES string of the molecule is CCOC(=O)CC(=O)NNC(=O)c1csc(C2CCN(C(=O)C3CCCCC3)CC2)n1. The topological polar surface area (TPSA) is 118 Å². The van der Waals surface area contributed by atoms with Crippen molar-refractivity contribution < 1.29 is 23.9 Å². The monoisotopic (exact) mass is 450 g/mol. The second-order valence-corrected chi connectivity index (χ2v) is 8.88. The van der Waals surface area contributed by atoms with E-state index < -0.39 is 24.2 Å². The van der Waals surface area contributed by atoms with E-state index >= 15 is 0 Å². The first kappa shape index (κ1) is 23.2. The summed E-state index contributed by atoms with van der Waals surface area (Å²) in [6.07, 6.45) is 6.78. The molecule has 3 rings (SSSR count). The molecule has 0 spiro atoms. The number of thiazole rings is 1. The lowest BCUT2D eigenvalue weighted by Crippen LogP contribution is -2.42. The first-order valence-corrected chi connectivity index (χ1v) is 11.8.